The zero-order chi connectivity index (χ0) is 14.5. The van der Waals surface area contributed by atoms with E-state index in [0.29, 0.717) is 0 Å². The summed E-state index contributed by atoms with van der Waals surface area (Å²) in [5.74, 6) is 0.210. The van der Waals surface area contributed by atoms with Crippen LogP contribution in [0.3, 0.4) is 0 Å². The molecule has 2 heterocycles. The summed E-state index contributed by atoms with van der Waals surface area (Å²) in [6, 6.07) is 8.26. The first-order valence-corrected chi connectivity index (χ1v) is 8.49. The zero-order valence-electron chi connectivity index (χ0n) is 12.9. The third-order valence-corrected chi connectivity index (χ3v) is 4.73. The van der Waals surface area contributed by atoms with Gasteiger partial charge in [-0.2, -0.15) is 0 Å². The lowest BCUT2D eigenvalue weighted by molar-refractivity contribution is 0.0761. The van der Waals surface area contributed by atoms with E-state index in [9.17, 15) is 4.79 Å². The number of benzene rings is 1. The van der Waals surface area contributed by atoms with E-state index >= 15 is 0 Å². The predicted molar refractivity (Wildman–Crippen MR) is 86.9 cm³/mol. The van der Waals surface area contributed by atoms with E-state index in [0.717, 1.165) is 44.6 Å². The second-order valence-electron chi connectivity index (χ2n) is 6.30. The van der Waals surface area contributed by atoms with Crippen LogP contribution in [-0.2, 0) is 0 Å². The van der Waals surface area contributed by atoms with Crippen molar-refractivity contribution in [3.05, 3.63) is 29.8 Å². The smallest absolute Gasteiger partial charge is 0.253 e. The zero-order valence-corrected chi connectivity index (χ0v) is 12.9. The van der Waals surface area contributed by atoms with E-state index in [2.05, 4.69) is 17.0 Å². The van der Waals surface area contributed by atoms with Crippen molar-refractivity contribution < 1.29 is 4.79 Å². The van der Waals surface area contributed by atoms with Gasteiger partial charge in [0.1, 0.15) is 0 Å². The number of anilines is 1. The fourth-order valence-corrected chi connectivity index (χ4v) is 3.42. The van der Waals surface area contributed by atoms with Gasteiger partial charge in [-0.3, -0.25) is 4.79 Å². The van der Waals surface area contributed by atoms with Gasteiger partial charge in [-0.1, -0.05) is 12.8 Å². The third-order valence-electron chi connectivity index (χ3n) is 4.73. The molecule has 1 amide bonds. The van der Waals surface area contributed by atoms with Crippen molar-refractivity contribution in [2.45, 2.75) is 44.9 Å². The molecule has 0 N–H and O–H groups in total. The minimum atomic E-state index is 0.210. The minimum absolute atomic E-state index is 0.210. The summed E-state index contributed by atoms with van der Waals surface area (Å²) in [7, 11) is 0. The average Bonchev–Trinajstić information content (AvgIpc) is 2.84. The van der Waals surface area contributed by atoms with Gasteiger partial charge in [0.05, 0.1) is 0 Å². The number of nitrogens with zero attached hydrogens (tertiary/aromatic N) is 2. The molecule has 2 aliphatic heterocycles. The van der Waals surface area contributed by atoms with E-state index in [1.54, 1.807) is 0 Å². The molecule has 21 heavy (non-hydrogen) atoms. The van der Waals surface area contributed by atoms with Crippen LogP contribution in [0.1, 0.15) is 55.3 Å². The normalized spacial score (nSPS) is 20.2. The van der Waals surface area contributed by atoms with Crippen LogP contribution >= 0.6 is 0 Å². The molecule has 3 heteroatoms. The molecule has 2 saturated heterocycles. The first-order chi connectivity index (χ1) is 10.3. The average molecular weight is 286 g/mol. The molecule has 2 fully saturated rings. The molecule has 3 nitrogen and oxygen atoms in total. The molecule has 1 aromatic carbocycles. The fourth-order valence-electron chi connectivity index (χ4n) is 3.42. The summed E-state index contributed by atoms with van der Waals surface area (Å²) in [4.78, 5) is 17.0. The maximum absolute atomic E-state index is 12.6. The first-order valence-electron chi connectivity index (χ1n) is 8.49. The number of amides is 1. The van der Waals surface area contributed by atoms with Crippen molar-refractivity contribution in [2.75, 3.05) is 31.1 Å². The van der Waals surface area contributed by atoms with E-state index in [1.165, 1.54) is 37.8 Å². The molecule has 0 aliphatic carbocycles. The highest BCUT2D eigenvalue weighted by Gasteiger charge is 2.18. The number of piperidine rings is 1. The molecule has 0 saturated carbocycles. The number of likely N-dealkylation sites (tertiary alicyclic amines) is 1. The SMILES string of the molecule is O=C(c1ccc(N2CCCCC2)cc1)N1CCCCCC1. The highest BCUT2D eigenvalue weighted by molar-refractivity contribution is 5.94. The van der Waals surface area contributed by atoms with Gasteiger partial charge in [-0.15, -0.1) is 0 Å². The number of carbonyl (C=O) groups is 1. The van der Waals surface area contributed by atoms with Gasteiger partial charge < -0.3 is 9.80 Å². The van der Waals surface area contributed by atoms with E-state index in [4.69, 9.17) is 0 Å². The topological polar surface area (TPSA) is 23.6 Å². The highest BCUT2D eigenvalue weighted by atomic mass is 16.2. The Morgan fingerprint density at radius 2 is 1.24 bits per heavy atom. The van der Waals surface area contributed by atoms with Crippen molar-refractivity contribution in [3.63, 3.8) is 0 Å². The first kappa shape index (κ1) is 14.4. The monoisotopic (exact) mass is 286 g/mol. The minimum Gasteiger partial charge on any atom is -0.372 e. The molecule has 0 aromatic heterocycles. The summed E-state index contributed by atoms with van der Waals surface area (Å²) in [6.07, 6.45) is 8.75. The van der Waals surface area contributed by atoms with Crippen LogP contribution in [0, 0.1) is 0 Å². The van der Waals surface area contributed by atoms with Crippen LogP contribution in [0.5, 0.6) is 0 Å². The molecular formula is C18H26N2O. The van der Waals surface area contributed by atoms with Gasteiger partial charge in [0.25, 0.3) is 5.91 Å². The second kappa shape index (κ2) is 6.97. The van der Waals surface area contributed by atoms with Gasteiger partial charge in [0.2, 0.25) is 0 Å². The second-order valence-corrected chi connectivity index (χ2v) is 6.30. The summed E-state index contributed by atoms with van der Waals surface area (Å²) in [5.41, 5.74) is 2.11. The van der Waals surface area contributed by atoms with E-state index in [-0.39, 0.29) is 5.91 Å². The number of carbonyl (C=O) groups excluding carboxylic acids is 1. The Labute approximate surface area is 127 Å². The Morgan fingerprint density at radius 3 is 1.86 bits per heavy atom. The maximum Gasteiger partial charge on any atom is 0.253 e. The van der Waals surface area contributed by atoms with Crippen molar-refractivity contribution in [1.82, 2.24) is 4.90 Å². The van der Waals surface area contributed by atoms with Gasteiger partial charge in [-0.25, -0.2) is 0 Å². The number of hydrogen-bond acceptors (Lipinski definition) is 2. The molecule has 0 unspecified atom stereocenters. The van der Waals surface area contributed by atoms with Crippen molar-refractivity contribution >= 4 is 11.6 Å². The lowest BCUT2D eigenvalue weighted by Gasteiger charge is -2.29. The molecule has 0 atom stereocenters. The van der Waals surface area contributed by atoms with Crippen molar-refractivity contribution in [1.29, 1.82) is 0 Å². The predicted octanol–water partition coefficient (Wildman–Crippen LogP) is 3.69. The van der Waals surface area contributed by atoms with Crippen LogP contribution in [-0.4, -0.2) is 37.0 Å². The fraction of sp³-hybridized carbons (Fsp3) is 0.611. The lowest BCUT2D eigenvalue weighted by atomic mass is 10.1. The summed E-state index contributed by atoms with van der Waals surface area (Å²) in [5, 5.41) is 0. The highest BCUT2D eigenvalue weighted by Crippen LogP contribution is 2.21. The van der Waals surface area contributed by atoms with E-state index < -0.39 is 0 Å². The van der Waals surface area contributed by atoms with Gasteiger partial charge in [-0.05, 0) is 56.4 Å². The Kier molecular flexibility index (Phi) is 4.79. The summed E-state index contributed by atoms with van der Waals surface area (Å²) >= 11 is 0. The Bertz CT molecular complexity index is 455. The van der Waals surface area contributed by atoms with Gasteiger partial charge in [0, 0.05) is 37.4 Å². The Hall–Kier alpha value is -1.51. The third kappa shape index (κ3) is 3.58. The molecule has 114 valence electrons. The summed E-state index contributed by atoms with van der Waals surface area (Å²) < 4.78 is 0. The standard InChI is InChI=1S/C18H26N2O/c21-18(20-14-4-1-2-5-15-20)16-8-10-17(11-9-16)19-12-6-3-7-13-19/h8-11H,1-7,12-15H2. The van der Waals surface area contributed by atoms with Gasteiger partial charge >= 0.3 is 0 Å². The Balaban J connectivity index is 1.66. The molecule has 3 rings (SSSR count). The number of hydrogen-bond donors (Lipinski definition) is 0. The molecule has 2 aliphatic rings. The molecule has 0 spiro atoms. The number of rotatable bonds is 2. The quantitative estimate of drug-likeness (QED) is 0.827. The largest absolute Gasteiger partial charge is 0.372 e. The van der Waals surface area contributed by atoms with Gasteiger partial charge in [0.15, 0.2) is 0 Å². The maximum atomic E-state index is 12.6. The molecule has 0 radical (unpaired) electrons. The van der Waals surface area contributed by atoms with E-state index in [1.807, 2.05) is 17.0 Å². The van der Waals surface area contributed by atoms with Crippen molar-refractivity contribution in [3.8, 4) is 0 Å². The molecule has 1 aromatic rings. The summed E-state index contributed by atoms with van der Waals surface area (Å²) in [6.45, 7) is 4.15. The van der Waals surface area contributed by atoms with Crippen LogP contribution in [0.2, 0.25) is 0 Å². The molecule has 0 bridgehead atoms. The molecular weight excluding hydrogens is 260 g/mol. The van der Waals surface area contributed by atoms with Crippen LogP contribution < -0.4 is 4.90 Å². The Morgan fingerprint density at radius 1 is 0.714 bits per heavy atom. The lowest BCUT2D eigenvalue weighted by Crippen LogP contribution is -2.32. The van der Waals surface area contributed by atoms with Crippen LogP contribution in [0.15, 0.2) is 24.3 Å². The van der Waals surface area contributed by atoms with Crippen LogP contribution in [0.4, 0.5) is 5.69 Å². The van der Waals surface area contributed by atoms with Crippen LogP contribution in [0.25, 0.3) is 0 Å². The van der Waals surface area contributed by atoms with Crippen molar-refractivity contribution in [2.24, 2.45) is 0 Å².